The van der Waals surface area contributed by atoms with Crippen molar-refractivity contribution in [1.29, 1.82) is 0 Å². The number of hydrogen-bond donors (Lipinski definition) is 2. The Labute approximate surface area is 145 Å². The van der Waals surface area contributed by atoms with Gasteiger partial charge in [-0.15, -0.1) is 0 Å². The van der Waals surface area contributed by atoms with Crippen LogP contribution >= 0.6 is 0 Å². The van der Waals surface area contributed by atoms with Gasteiger partial charge in [0.05, 0.1) is 29.8 Å². The van der Waals surface area contributed by atoms with Crippen LogP contribution in [0.25, 0.3) is 0 Å². The lowest BCUT2D eigenvalue weighted by Gasteiger charge is -2.37. The van der Waals surface area contributed by atoms with Crippen LogP contribution < -0.4 is 9.46 Å². The number of aliphatic hydroxyl groups is 1. The number of sulfonamides is 1. The minimum Gasteiger partial charge on any atom is -0.494 e. The highest BCUT2D eigenvalue weighted by molar-refractivity contribution is 7.89. The van der Waals surface area contributed by atoms with Gasteiger partial charge in [0, 0.05) is 6.20 Å². The number of aromatic nitrogens is 1. The predicted molar refractivity (Wildman–Crippen MR) is 89.0 cm³/mol. The molecule has 0 radical (unpaired) electrons. The van der Waals surface area contributed by atoms with E-state index in [4.69, 9.17) is 4.74 Å². The molecular weight excluding hydrogens is 347 g/mol. The zero-order valence-electron chi connectivity index (χ0n) is 13.6. The van der Waals surface area contributed by atoms with Crippen LogP contribution in [0.5, 0.6) is 5.75 Å². The second-order valence-corrected chi connectivity index (χ2v) is 7.75. The molecule has 0 aliphatic heterocycles. The fourth-order valence-electron chi connectivity index (χ4n) is 2.91. The zero-order chi connectivity index (χ0) is 18.0. The molecule has 2 aromatic rings. The highest BCUT2D eigenvalue weighted by atomic mass is 32.2. The second kappa shape index (κ2) is 7.07. The van der Waals surface area contributed by atoms with Gasteiger partial charge in [0.1, 0.15) is 0 Å². The van der Waals surface area contributed by atoms with Crippen molar-refractivity contribution < 1.29 is 22.7 Å². The van der Waals surface area contributed by atoms with E-state index >= 15 is 0 Å². The van der Waals surface area contributed by atoms with Crippen LogP contribution in [0.2, 0.25) is 0 Å². The fraction of sp³-hybridized carbons (Fsp3) is 0.353. The summed E-state index contributed by atoms with van der Waals surface area (Å²) in [5.41, 5.74) is 0.567. The average molecular weight is 366 g/mol. The van der Waals surface area contributed by atoms with E-state index in [1.165, 1.54) is 19.2 Å². The maximum atomic E-state index is 13.9. The molecule has 1 aliphatic carbocycles. The summed E-state index contributed by atoms with van der Waals surface area (Å²) < 4.78 is 46.7. The summed E-state index contributed by atoms with van der Waals surface area (Å²) >= 11 is 0. The highest BCUT2D eigenvalue weighted by Gasteiger charge is 2.38. The Morgan fingerprint density at radius 3 is 2.64 bits per heavy atom. The first-order valence-corrected chi connectivity index (χ1v) is 9.34. The Balaban J connectivity index is 1.89. The van der Waals surface area contributed by atoms with Crippen molar-refractivity contribution in [2.24, 2.45) is 5.92 Å². The molecule has 1 fully saturated rings. The fourth-order valence-corrected chi connectivity index (χ4v) is 4.20. The van der Waals surface area contributed by atoms with Crippen molar-refractivity contribution in [3.8, 4) is 5.75 Å². The summed E-state index contributed by atoms with van der Waals surface area (Å²) in [6, 6.07) is 8.13. The van der Waals surface area contributed by atoms with E-state index in [0.717, 1.165) is 6.07 Å². The van der Waals surface area contributed by atoms with Crippen molar-refractivity contribution in [3.63, 3.8) is 0 Å². The van der Waals surface area contributed by atoms with E-state index in [2.05, 4.69) is 9.71 Å². The normalized spacial score (nSPS) is 21.4. The van der Waals surface area contributed by atoms with Gasteiger partial charge in [-0.2, -0.15) is 0 Å². The third-order valence-corrected chi connectivity index (χ3v) is 5.78. The van der Waals surface area contributed by atoms with Gasteiger partial charge in [-0.05, 0) is 49.1 Å². The molecule has 25 heavy (non-hydrogen) atoms. The Hall–Kier alpha value is -2.03. The smallest absolute Gasteiger partial charge is 0.241 e. The largest absolute Gasteiger partial charge is 0.494 e. The van der Waals surface area contributed by atoms with E-state index in [9.17, 15) is 17.9 Å². The minimum absolute atomic E-state index is 0.0256. The molecule has 0 spiro atoms. The first kappa shape index (κ1) is 17.8. The number of nitrogens with zero attached hydrogens (tertiary/aromatic N) is 1. The van der Waals surface area contributed by atoms with E-state index in [0.29, 0.717) is 18.5 Å². The van der Waals surface area contributed by atoms with Gasteiger partial charge >= 0.3 is 0 Å². The Bertz CT molecular complexity index is 839. The molecule has 2 N–H and O–H groups in total. The van der Waals surface area contributed by atoms with Gasteiger partial charge in [-0.25, -0.2) is 17.5 Å². The number of halogens is 1. The van der Waals surface area contributed by atoms with Crippen molar-refractivity contribution in [3.05, 3.63) is 54.1 Å². The monoisotopic (exact) mass is 366 g/mol. The lowest BCUT2D eigenvalue weighted by molar-refractivity contribution is 0.0273. The molecule has 0 amide bonds. The lowest BCUT2D eigenvalue weighted by Crippen LogP contribution is -2.41. The topological polar surface area (TPSA) is 88.5 Å². The lowest BCUT2D eigenvalue weighted by atomic mass is 9.76. The summed E-state index contributed by atoms with van der Waals surface area (Å²) in [7, 11) is -2.65. The third kappa shape index (κ3) is 3.81. The van der Waals surface area contributed by atoms with Crippen LogP contribution in [-0.4, -0.2) is 31.7 Å². The van der Waals surface area contributed by atoms with Crippen LogP contribution in [0, 0.1) is 11.7 Å². The zero-order valence-corrected chi connectivity index (χ0v) is 14.4. The molecule has 134 valence electrons. The van der Waals surface area contributed by atoms with Crippen LogP contribution in [-0.2, 0) is 10.0 Å². The summed E-state index contributed by atoms with van der Waals surface area (Å²) in [6.07, 6.45) is 2.12. The van der Waals surface area contributed by atoms with E-state index in [1.54, 1.807) is 24.4 Å². The molecule has 1 aromatic carbocycles. The Morgan fingerprint density at radius 2 is 2.08 bits per heavy atom. The number of benzene rings is 1. The van der Waals surface area contributed by atoms with Gasteiger partial charge in [-0.1, -0.05) is 6.07 Å². The summed E-state index contributed by atoms with van der Waals surface area (Å²) in [5.74, 6) is -0.844. The second-order valence-electron chi connectivity index (χ2n) is 6.04. The predicted octanol–water partition coefficient (Wildman–Crippen LogP) is 2.02. The first-order valence-electron chi connectivity index (χ1n) is 7.85. The number of rotatable bonds is 6. The van der Waals surface area contributed by atoms with Crippen LogP contribution in [0.4, 0.5) is 4.39 Å². The number of methoxy groups -OCH3 is 1. The molecule has 1 saturated carbocycles. The van der Waals surface area contributed by atoms with Gasteiger partial charge in [0.2, 0.25) is 10.0 Å². The summed E-state index contributed by atoms with van der Waals surface area (Å²) in [5, 5.41) is 9.56. The van der Waals surface area contributed by atoms with Crippen LogP contribution in [0.1, 0.15) is 24.6 Å². The van der Waals surface area contributed by atoms with E-state index in [1.807, 2.05) is 0 Å². The molecule has 6 nitrogen and oxygen atoms in total. The molecule has 1 atom stereocenters. The maximum absolute atomic E-state index is 13.9. The molecule has 3 rings (SSSR count). The number of aliphatic hydroxyl groups excluding tert-OH is 1. The average Bonchev–Trinajstić information content (AvgIpc) is 2.58. The van der Waals surface area contributed by atoms with Gasteiger partial charge in [0.25, 0.3) is 0 Å². The van der Waals surface area contributed by atoms with Crippen molar-refractivity contribution in [1.82, 2.24) is 9.71 Å². The number of nitrogens with one attached hydrogen (secondary N) is 1. The number of hydrogen-bond acceptors (Lipinski definition) is 5. The Morgan fingerprint density at radius 1 is 1.32 bits per heavy atom. The van der Waals surface area contributed by atoms with Gasteiger partial charge < -0.3 is 9.84 Å². The van der Waals surface area contributed by atoms with Crippen molar-refractivity contribution in [2.45, 2.75) is 29.9 Å². The highest BCUT2D eigenvalue weighted by Crippen LogP contribution is 2.38. The maximum Gasteiger partial charge on any atom is 0.241 e. The summed E-state index contributed by atoms with van der Waals surface area (Å²) in [4.78, 5) is 4.04. The number of ether oxygens (including phenoxy) is 1. The molecule has 1 heterocycles. The van der Waals surface area contributed by atoms with Crippen LogP contribution in [0.15, 0.2) is 47.5 Å². The van der Waals surface area contributed by atoms with Crippen molar-refractivity contribution in [2.75, 3.05) is 7.11 Å². The van der Waals surface area contributed by atoms with E-state index in [-0.39, 0.29) is 16.6 Å². The number of pyridine rings is 1. The van der Waals surface area contributed by atoms with E-state index < -0.39 is 28.0 Å². The molecule has 1 aliphatic rings. The Kier molecular flexibility index (Phi) is 5.03. The van der Waals surface area contributed by atoms with Crippen molar-refractivity contribution >= 4 is 10.0 Å². The SMILES string of the molecule is COc1ccc(S(=O)(=O)N[C@H](c2ccccn2)C2CC(O)C2)cc1F. The summed E-state index contributed by atoms with van der Waals surface area (Å²) in [6.45, 7) is 0. The standard InChI is InChI=1S/C17H19FN2O4S/c1-24-16-6-5-13(10-14(16)18)25(22,23)20-17(11-8-12(21)9-11)15-4-2-3-7-19-15/h2-7,10-12,17,20-21H,8-9H2,1H3/t11?,12?,17-/m0/s1. The van der Waals surface area contributed by atoms with Gasteiger partial charge in [0.15, 0.2) is 11.6 Å². The third-order valence-electron chi connectivity index (χ3n) is 4.34. The van der Waals surface area contributed by atoms with Crippen LogP contribution in [0.3, 0.4) is 0 Å². The van der Waals surface area contributed by atoms with Gasteiger partial charge in [-0.3, -0.25) is 4.98 Å². The minimum atomic E-state index is -3.96. The quantitative estimate of drug-likeness (QED) is 0.817. The molecule has 0 unspecified atom stereocenters. The molecule has 0 saturated heterocycles. The molecule has 8 heteroatoms. The molecule has 0 bridgehead atoms. The first-order chi connectivity index (χ1) is 11.9. The molecular formula is C17H19FN2O4S. The molecule has 1 aromatic heterocycles.